The van der Waals surface area contributed by atoms with Crippen LogP contribution in [0.5, 0.6) is 0 Å². The number of aliphatic hydroxyl groups excluding tert-OH is 11. The zero-order chi connectivity index (χ0) is 71.8. The van der Waals surface area contributed by atoms with Gasteiger partial charge in [0.15, 0.2) is 18.9 Å². The number of hydrogen-bond donors (Lipinski definition) is 12. The Bertz CT molecular complexity index is 1980. The molecule has 0 aliphatic carbocycles. The van der Waals surface area contributed by atoms with E-state index in [2.05, 4.69) is 55.6 Å². The maximum atomic E-state index is 13.5. The van der Waals surface area contributed by atoms with Crippen molar-refractivity contribution in [3.8, 4) is 0 Å². The summed E-state index contributed by atoms with van der Waals surface area (Å²) < 4.78 is 34.4. The number of carbonyl (C=O) groups excluding carboxylic acids is 1. The predicted octanol–water partition coefficient (Wildman–Crippen LogP) is 13.3. The van der Waals surface area contributed by atoms with Crippen molar-refractivity contribution >= 4 is 5.91 Å². The van der Waals surface area contributed by atoms with Crippen LogP contribution in [0.4, 0.5) is 0 Å². The molecule has 17 unspecified atom stereocenters. The standard InChI is InChI=1S/C80H147NO18/c1-3-5-7-9-11-13-15-17-19-21-23-25-27-29-30-31-32-34-35-37-39-41-43-45-47-49-51-53-55-57-64(85)63(81-68(86)58-56-54-52-50-48-46-44-42-40-38-36-33-28-26-24-22-20-18-16-14-12-10-8-6-4-2)62-94-78-74(92)71(89)76(66(60-83)96-78)99-80-75(93)72(90)77(67(61-84)97-80)98-79-73(91)70(88)69(87)65(59-82)95-79/h22,24,39,41,47,49,55,57,63-67,69-80,82-85,87-93H,3-21,23,25-38,40,42-46,48,50-54,56,58-62H2,1-2H3,(H,81,86)/b24-22-,41-39+,49-47+,57-55+. The van der Waals surface area contributed by atoms with E-state index in [1.165, 1.54) is 244 Å². The van der Waals surface area contributed by atoms with Gasteiger partial charge in [-0.2, -0.15) is 0 Å². The van der Waals surface area contributed by atoms with Crippen LogP contribution in [0.2, 0.25) is 0 Å². The summed E-state index contributed by atoms with van der Waals surface area (Å²) in [6.07, 6.45) is 49.6. The lowest BCUT2D eigenvalue weighted by atomic mass is 9.96. The van der Waals surface area contributed by atoms with E-state index in [1.54, 1.807) is 6.08 Å². The zero-order valence-electron chi connectivity index (χ0n) is 62.0. The normalized spacial score (nSPS) is 26.8. The van der Waals surface area contributed by atoms with Crippen LogP contribution in [0.1, 0.15) is 322 Å². The van der Waals surface area contributed by atoms with E-state index in [0.29, 0.717) is 12.8 Å². The molecule has 0 aromatic rings. The van der Waals surface area contributed by atoms with Gasteiger partial charge in [0.05, 0.1) is 38.6 Å². The molecule has 3 saturated heterocycles. The Labute approximate surface area is 599 Å². The SMILES string of the molecule is CCCCCCCCCC/C=C\CCCCCCCCCCCCCCCC(=O)NC(COC1OC(CO)C(OC2OC(CO)C(OC3OC(CO)C(O)C(O)C3O)C(O)C2O)C(O)C1O)C(O)/C=C/CC/C=C/CC/C=C/CCCCCCCCCCCCCCCCCCCCC. The second-order valence-electron chi connectivity index (χ2n) is 28.9. The Hall–Kier alpha value is -2.25. The third kappa shape index (κ3) is 41.3. The predicted molar refractivity (Wildman–Crippen MR) is 392 cm³/mol. The third-order valence-electron chi connectivity index (χ3n) is 20.1. The number of carbonyl (C=O) groups is 1. The number of amides is 1. The van der Waals surface area contributed by atoms with Crippen LogP contribution in [0.15, 0.2) is 48.6 Å². The molecule has 99 heavy (non-hydrogen) atoms. The zero-order valence-corrected chi connectivity index (χ0v) is 62.0. The summed E-state index contributed by atoms with van der Waals surface area (Å²) in [4.78, 5) is 13.5. The number of nitrogens with one attached hydrogen (secondary N) is 1. The van der Waals surface area contributed by atoms with Crippen molar-refractivity contribution in [2.24, 2.45) is 0 Å². The van der Waals surface area contributed by atoms with Gasteiger partial charge in [-0.25, -0.2) is 0 Å². The van der Waals surface area contributed by atoms with E-state index in [1.807, 2.05) is 6.08 Å². The minimum atomic E-state index is -1.98. The summed E-state index contributed by atoms with van der Waals surface area (Å²) in [5, 5.41) is 121. The molecule has 19 heteroatoms. The lowest BCUT2D eigenvalue weighted by molar-refractivity contribution is -0.379. The molecule has 3 heterocycles. The van der Waals surface area contributed by atoms with Gasteiger partial charge in [0.2, 0.25) is 5.91 Å². The molecule has 1 amide bonds. The first kappa shape index (κ1) is 91.0. The topological polar surface area (TPSA) is 307 Å². The quantitative estimate of drug-likeness (QED) is 0.0199. The van der Waals surface area contributed by atoms with Crippen molar-refractivity contribution in [1.82, 2.24) is 5.32 Å². The van der Waals surface area contributed by atoms with E-state index in [9.17, 15) is 61.0 Å². The summed E-state index contributed by atoms with van der Waals surface area (Å²) in [5.41, 5.74) is 0. The highest BCUT2D eigenvalue weighted by atomic mass is 16.8. The van der Waals surface area contributed by atoms with Crippen molar-refractivity contribution < 1.29 is 89.4 Å². The highest BCUT2D eigenvalue weighted by molar-refractivity contribution is 5.76. The van der Waals surface area contributed by atoms with Gasteiger partial charge in [0, 0.05) is 6.42 Å². The first-order chi connectivity index (χ1) is 48.3. The van der Waals surface area contributed by atoms with Crippen LogP contribution in [-0.4, -0.2) is 193 Å². The molecule has 3 aliphatic heterocycles. The third-order valence-corrected chi connectivity index (χ3v) is 20.1. The number of aliphatic hydroxyl groups is 11. The molecule has 12 N–H and O–H groups in total. The second kappa shape index (κ2) is 61.0. The van der Waals surface area contributed by atoms with E-state index < -0.39 is 124 Å². The molecule has 3 aliphatic rings. The smallest absolute Gasteiger partial charge is 0.220 e. The maximum absolute atomic E-state index is 13.5. The lowest BCUT2D eigenvalue weighted by Crippen LogP contribution is -2.66. The van der Waals surface area contributed by atoms with Crippen LogP contribution in [0, 0.1) is 0 Å². The van der Waals surface area contributed by atoms with Gasteiger partial charge in [-0.3, -0.25) is 4.79 Å². The van der Waals surface area contributed by atoms with Crippen molar-refractivity contribution in [3.05, 3.63) is 48.6 Å². The van der Waals surface area contributed by atoms with E-state index >= 15 is 0 Å². The molecule has 0 aromatic carbocycles. The molecule has 19 nitrogen and oxygen atoms in total. The van der Waals surface area contributed by atoms with E-state index in [-0.39, 0.29) is 18.9 Å². The Kier molecular flexibility index (Phi) is 56.0. The van der Waals surface area contributed by atoms with Gasteiger partial charge < -0.3 is 89.9 Å². The maximum Gasteiger partial charge on any atom is 0.220 e. The van der Waals surface area contributed by atoms with Gasteiger partial charge in [0.1, 0.15) is 73.2 Å². The number of unbranched alkanes of at least 4 members (excludes halogenated alkanes) is 42. The Morgan fingerprint density at radius 3 is 1.01 bits per heavy atom. The highest BCUT2D eigenvalue weighted by Crippen LogP contribution is 2.33. The molecule has 17 atom stereocenters. The van der Waals surface area contributed by atoms with Crippen molar-refractivity contribution in [2.75, 3.05) is 26.4 Å². The Balaban J connectivity index is 1.40. The first-order valence-corrected chi connectivity index (χ1v) is 40.4. The fourth-order valence-electron chi connectivity index (χ4n) is 13.6. The van der Waals surface area contributed by atoms with Crippen LogP contribution < -0.4 is 5.32 Å². The Morgan fingerprint density at radius 1 is 0.354 bits per heavy atom. The fourth-order valence-corrected chi connectivity index (χ4v) is 13.6. The number of hydrogen-bond acceptors (Lipinski definition) is 18. The summed E-state index contributed by atoms with van der Waals surface area (Å²) in [7, 11) is 0. The molecule has 0 saturated carbocycles. The number of ether oxygens (including phenoxy) is 6. The molecular weight excluding hydrogens is 1260 g/mol. The highest BCUT2D eigenvalue weighted by Gasteiger charge is 2.54. The molecule has 580 valence electrons. The van der Waals surface area contributed by atoms with Gasteiger partial charge >= 0.3 is 0 Å². The summed E-state index contributed by atoms with van der Waals surface area (Å²) in [6, 6.07) is -0.999. The summed E-state index contributed by atoms with van der Waals surface area (Å²) >= 11 is 0. The van der Waals surface area contributed by atoms with Crippen molar-refractivity contribution in [2.45, 2.75) is 426 Å². The van der Waals surface area contributed by atoms with Gasteiger partial charge in [-0.05, 0) is 70.6 Å². The summed E-state index contributed by atoms with van der Waals surface area (Å²) in [5.74, 6) is -0.286. The minimum absolute atomic E-state index is 0.233. The average Bonchev–Trinajstić information content (AvgIpc) is 0.755. The average molecular weight is 1410 g/mol. The molecule has 0 radical (unpaired) electrons. The minimum Gasteiger partial charge on any atom is -0.394 e. The van der Waals surface area contributed by atoms with E-state index in [4.69, 9.17) is 28.4 Å². The van der Waals surface area contributed by atoms with Crippen LogP contribution in [0.3, 0.4) is 0 Å². The number of rotatable bonds is 64. The molecule has 0 bridgehead atoms. The van der Waals surface area contributed by atoms with Crippen molar-refractivity contribution in [1.29, 1.82) is 0 Å². The molecular formula is C80H147NO18. The van der Waals surface area contributed by atoms with Crippen molar-refractivity contribution in [3.63, 3.8) is 0 Å². The van der Waals surface area contributed by atoms with E-state index in [0.717, 1.165) is 44.9 Å². The largest absolute Gasteiger partial charge is 0.394 e. The van der Waals surface area contributed by atoms with Gasteiger partial charge in [-0.15, -0.1) is 0 Å². The van der Waals surface area contributed by atoms with Gasteiger partial charge in [-0.1, -0.05) is 294 Å². The van der Waals surface area contributed by atoms with Gasteiger partial charge in [0.25, 0.3) is 0 Å². The number of allylic oxidation sites excluding steroid dienone is 7. The Morgan fingerprint density at radius 2 is 0.646 bits per heavy atom. The fraction of sp³-hybridized carbons (Fsp3) is 0.887. The molecule has 3 rings (SSSR count). The lowest BCUT2D eigenvalue weighted by Gasteiger charge is -2.48. The van der Waals surface area contributed by atoms with Crippen LogP contribution in [-0.2, 0) is 33.2 Å². The monoisotopic (exact) mass is 1410 g/mol. The summed E-state index contributed by atoms with van der Waals surface area (Å²) in [6.45, 7) is 1.75. The molecule has 0 aromatic heterocycles. The van der Waals surface area contributed by atoms with Crippen LogP contribution >= 0.6 is 0 Å². The first-order valence-electron chi connectivity index (χ1n) is 40.4. The second-order valence-corrected chi connectivity index (χ2v) is 28.9. The van der Waals surface area contributed by atoms with Crippen LogP contribution in [0.25, 0.3) is 0 Å². The molecule has 3 fully saturated rings. The molecule has 0 spiro atoms.